The quantitative estimate of drug-likeness (QED) is 0.903. The topological polar surface area (TPSA) is 50.8 Å². The van der Waals surface area contributed by atoms with E-state index in [1.165, 1.54) is 5.56 Å². The van der Waals surface area contributed by atoms with E-state index in [0.717, 1.165) is 17.4 Å². The van der Waals surface area contributed by atoms with Gasteiger partial charge in [-0.1, -0.05) is 35.0 Å². The SMILES string of the molecule is CCC1(c2ccc(Br)cc2)CN=C(N)N1CCOC. The van der Waals surface area contributed by atoms with E-state index in [2.05, 4.69) is 57.0 Å². The summed E-state index contributed by atoms with van der Waals surface area (Å²) in [4.78, 5) is 6.61. The largest absolute Gasteiger partial charge is 0.383 e. The summed E-state index contributed by atoms with van der Waals surface area (Å²) >= 11 is 3.48. The first-order valence-electron chi connectivity index (χ1n) is 6.46. The zero-order chi connectivity index (χ0) is 13.9. The fraction of sp³-hybridized carbons (Fsp3) is 0.500. The summed E-state index contributed by atoms with van der Waals surface area (Å²) in [6, 6.07) is 8.41. The minimum absolute atomic E-state index is 0.136. The minimum Gasteiger partial charge on any atom is -0.383 e. The molecule has 0 spiro atoms. The lowest BCUT2D eigenvalue weighted by Crippen LogP contribution is -2.50. The maximum absolute atomic E-state index is 6.05. The summed E-state index contributed by atoms with van der Waals surface area (Å²) in [5, 5.41) is 0. The second kappa shape index (κ2) is 5.92. The van der Waals surface area contributed by atoms with Gasteiger partial charge in [0.15, 0.2) is 5.96 Å². The molecule has 0 fully saturated rings. The molecule has 0 saturated carbocycles. The molecule has 0 aromatic heterocycles. The lowest BCUT2D eigenvalue weighted by atomic mass is 9.86. The third-order valence-electron chi connectivity index (χ3n) is 3.78. The van der Waals surface area contributed by atoms with E-state index in [9.17, 15) is 0 Å². The van der Waals surface area contributed by atoms with Crippen molar-refractivity contribution in [3.63, 3.8) is 0 Å². The number of aliphatic imine (C=N–C) groups is 1. The maximum Gasteiger partial charge on any atom is 0.192 e. The molecule has 0 radical (unpaired) electrons. The van der Waals surface area contributed by atoms with Gasteiger partial charge in [0.05, 0.1) is 18.7 Å². The van der Waals surface area contributed by atoms with Crippen LogP contribution in [0, 0.1) is 0 Å². The van der Waals surface area contributed by atoms with Crippen molar-refractivity contribution in [2.24, 2.45) is 10.7 Å². The number of nitrogens with two attached hydrogens (primary N) is 1. The summed E-state index contributed by atoms with van der Waals surface area (Å²) in [5.74, 6) is 0.613. The van der Waals surface area contributed by atoms with Gasteiger partial charge in [-0.05, 0) is 24.1 Å². The molecule has 2 N–H and O–H groups in total. The molecule has 0 saturated heterocycles. The van der Waals surface area contributed by atoms with E-state index in [4.69, 9.17) is 10.5 Å². The number of hydrogen-bond donors (Lipinski definition) is 1. The molecule has 19 heavy (non-hydrogen) atoms. The normalized spacial score (nSPS) is 22.7. The maximum atomic E-state index is 6.05. The second-order valence-electron chi connectivity index (χ2n) is 4.71. The minimum atomic E-state index is -0.136. The monoisotopic (exact) mass is 325 g/mol. The average Bonchev–Trinajstić information content (AvgIpc) is 2.75. The van der Waals surface area contributed by atoms with Crippen molar-refractivity contribution in [1.82, 2.24) is 4.90 Å². The van der Waals surface area contributed by atoms with Gasteiger partial charge in [0, 0.05) is 18.1 Å². The van der Waals surface area contributed by atoms with Crippen LogP contribution >= 0.6 is 15.9 Å². The van der Waals surface area contributed by atoms with Crippen molar-refractivity contribution in [2.45, 2.75) is 18.9 Å². The van der Waals surface area contributed by atoms with E-state index in [-0.39, 0.29) is 5.54 Å². The zero-order valence-electron chi connectivity index (χ0n) is 11.4. The smallest absolute Gasteiger partial charge is 0.192 e. The van der Waals surface area contributed by atoms with Crippen LogP contribution in [-0.4, -0.2) is 37.7 Å². The van der Waals surface area contributed by atoms with Crippen molar-refractivity contribution in [3.8, 4) is 0 Å². The third kappa shape index (κ3) is 2.62. The molecule has 1 aliphatic rings. The van der Waals surface area contributed by atoms with Crippen molar-refractivity contribution in [3.05, 3.63) is 34.3 Å². The number of methoxy groups -OCH3 is 1. The Labute approximate surface area is 122 Å². The number of hydrogen-bond acceptors (Lipinski definition) is 4. The Morgan fingerprint density at radius 2 is 2.11 bits per heavy atom. The summed E-state index contributed by atoms with van der Waals surface area (Å²) < 4.78 is 6.27. The second-order valence-corrected chi connectivity index (χ2v) is 5.63. The molecule has 5 heteroatoms. The Morgan fingerprint density at radius 1 is 1.42 bits per heavy atom. The van der Waals surface area contributed by atoms with Gasteiger partial charge in [-0.3, -0.25) is 4.99 Å². The van der Waals surface area contributed by atoms with Crippen molar-refractivity contribution < 1.29 is 4.74 Å². The number of nitrogens with zero attached hydrogens (tertiary/aromatic N) is 2. The summed E-state index contributed by atoms with van der Waals surface area (Å²) in [7, 11) is 1.71. The predicted molar refractivity (Wildman–Crippen MR) is 81.2 cm³/mol. The number of guanidine groups is 1. The highest BCUT2D eigenvalue weighted by molar-refractivity contribution is 9.10. The molecule has 4 nitrogen and oxygen atoms in total. The number of benzene rings is 1. The van der Waals surface area contributed by atoms with Crippen LogP contribution in [0.2, 0.25) is 0 Å². The summed E-state index contributed by atoms with van der Waals surface area (Å²) in [5.41, 5.74) is 7.16. The molecule has 0 amide bonds. The highest BCUT2D eigenvalue weighted by Crippen LogP contribution is 2.36. The van der Waals surface area contributed by atoms with Gasteiger partial charge in [0.25, 0.3) is 0 Å². The number of ether oxygens (including phenoxy) is 1. The van der Waals surface area contributed by atoms with E-state index < -0.39 is 0 Å². The Balaban J connectivity index is 2.33. The van der Waals surface area contributed by atoms with Gasteiger partial charge in [0.2, 0.25) is 0 Å². The molecule has 1 aromatic rings. The van der Waals surface area contributed by atoms with Crippen molar-refractivity contribution >= 4 is 21.9 Å². The lowest BCUT2D eigenvalue weighted by molar-refractivity contribution is 0.125. The summed E-state index contributed by atoms with van der Waals surface area (Å²) in [6.07, 6.45) is 0.961. The van der Waals surface area contributed by atoms with Gasteiger partial charge in [-0.25, -0.2) is 0 Å². The molecular formula is C14H20BrN3O. The fourth-order valence-corrected chi connectivity index (χ4v) is 2.89. The Bertz CT molecular complexity index is 460. The van der Waals surface area contributed by atoms with Gasteiger partial charge < -0.3 is 15.4 Å². The highest BCUT2D eigenvalue weighted by atomic mass is 79.9. The molecule has 0 bridgehead atoms. The molecule has 2 rings (SSSR count). The molecule has 0 aliphatic carbocycles. The van der Waals surface area contributed by atoms with Crippen LogP contribution in [0.3, 0.4) is 0 Å². The van der Waals surface area contributed by atoms with E-state index in [1.807, 2.05) is 0 Å². The van der Waals surface area contributed by atoms with Gasteiger partial charge >= 0.3 is 0 Å². The number of halogens is 1. The van der Waals surface area contributed by atoms with Gasteiger partial charge in [-0.15, -0.1) is 0 Å². The first-order chi connectivity index (χ1) is 9.14. The first kappa shape index (κ1) is 14.3. The average molecular weight is 326 g/mol. The molecule has 1 unspecified atom stereocenters. The molecule has 104 valence electrons. The molecule has 1 heterocycles. The summed E-state index contributed by atoms with van der Waals surface area (Å²) in [6.45, 7) is 4.29. The van der Waals surface area contributed by atoms with Crippen LogP contribution in [-0.2, 0) is 10.3 Å². The van der Waals surface area contributed by atoms with Crippen LogP contribution in [0.25, 0.3) is 0 Å². The fourth-order valence-electron chi connectivity index (χ4n) is 2.63. The van der Waals surface area contributed by atoms with Crippen LogP contribution in [0.5, 0.6) is 0 Å². The zero-order valence-corrected chi connectivity index (χ0v) is 13.0. The standard InChI is InChI=1S/C14H20BrN3O/c1-3-14(11-4-6-12(15)7-5-11)10-17-13(16)18(14)8-9-19-2/h4-7H,3,8-10H2,1-2H3,(H2,16,17). The van der Waals surface area contributed by atoms with E-state index >= 15 is 0 Å². The molecular weight excluding hydrogens is 306 g/mol. The van der Waals surface area contributed by atoms with E-state index in [0.29, 0.717) is 19.1 Å². The lowest BCUT2D eigenvalue weighted by Gasteiger charge is -2.39. The Hall–Kier alpha value is -1.07. The molecule has 1 aliphatic heterocycles. The van der Waals surface area contributed by atoms with Crippen LogP contribution in [0.4, 0.5) is 0 Å². The van der Waals surface area contributed by atoms with Crippen molar-refractivity contribution in [1.29, 1.82) is 0 Å². The van der Waals surface area contributed by atoms with Crippen LogP contribution in [0.1, 0.15) is 18.9 Å². The molecule has 1 atom stereocenters. The predicted octanol–water partition coefficient (Wildman–Crippen LogP) is 2.33. The molecule has 1 aromatic carbocycles. The highest BCUT2D eigenvalue weighted by Gasteiger charge is 2.41. The van der Waals surface area contributed by atoms with Crippen LogP contribution < -0.4 is 5.73 Å². The van der Waals surface area contributed by atoms with Crippen molar-refractivity contribution in [2.75, 3.05) is 26.8 Å². The number of rotatable bonds is 5. The van der Waals surface area contributed by atoms with Gasteiger partial charge in [-0.2, -0.15) is 0 Å². The van der Waals surface area contributed by atoms with E-state index in [1.54, 1.807) is 7.11 Å². The van der Waals surface area contributed by atoms with Crippen LogP contribution in [0.15, 0.2) is 33.7 Å². The van der Waals surface area contributed by atoms with Gasteiger partial charge in [0.1, 0.15) is 0 Å². The Kier molecular flexibility index (Phi) is 4.47. The Morgan fingerprint density at radius 3 is 2.68 bits per heavy atom. The third-order valence-corrected chi connectivity index (χ3v) is 4.31. The first-order valence-corrected chi connectivity index (χ1v) is 7.26.